The first kappa shape index (κ1) is 11.5. The van der Waals surface area contributed by atoms with Crippen LogP contribution in [-0.4, -0.2) is 16.4 Å². The van der Waals surface area contributed by atoms with Gasteiger partial charge in [0.15, 0.2) is 0 Å². The summed E-state index contributed by atoms with van der Waals surface area (Å²) in [5, 5.41) is 10.5. The van der Waals surface area contributed by atoms with Crippen LogP contribution < -0.4 is 0 Å². The molecule has 5 heteroatoms. The molecule has 3 nitrogen and oxygen atoms in total. The molecular weight excluding hydrogens is 242 g/mol. The second kappa shape index (κ2) is 5.41. The van der Waals surface area contributed by atoms with Crippen molar-refractivity contribution in [1.82, 2.24) is 0 Å². The van der Waals surface area contributed by atoms with Crippen molar-refractivity contribution in [3.8, 4) is 0 Å². The molecule has 1 aromatic rings. The van der Waals surface area contributed by atoms with Gasteiger partial charge in [0.2, 0.25) is 0 Å². The van der Waals surface area contributed by atoms with Crippen LogP contribution >= 0.6 is 23.5 Å². The molecule has 1 aliphatic heterocycles. The summed E-state index contributed by atoms with van der Waals surface area (Å²) >= 11 is 3.72. The number of hydrogen-bond donors (Lipinski definition) is 0. The van der Waals surface area contributed by atoms with Crippen LogP contribution in [0.5, 0.6) is 0 Å². The molecule has 1 saturated heterocycles. The summed E-state index contributed by atoms with van der Waals surface area (Å²) in [7, 11) is 0. The standard InChI is InChI=1S/C11H11NO2S2/c13-12(14)10-4-2-9(3-5-10)8-11-15-6-1-7-16-11/h2-5,8H,1,6-7H2. The van der Waals surface area contributed by atoms with Gasteiger partial charge in [-0.15, -0.1) is 23.5 Å². The average molecular weight is 253 g/mol. The largest absolute Gasteiger partial charge is 0.269 e. The van der Waals surface area contributed by atoms with Gasteiger partial charge in [-0.1, -0.05) is 0 Å². The molecule has 0 radical (unpaired) electrons. The Bertz CT molecular complexity index is 406. The average Bonchev–Trinajstić information content (AvgIpc) is 2.31. The van der Waals surface area contributed by atoms with Gasteiger partial charge < -0.3 is 0 Å². The zero-order chi connectivity index (χ0) is 11.4. The SMILES string of the molecule is O=[N+]([O-])c1ccc(C=C2SCCCS2)cc1. The van der Waals surface area contributed by atoms with Gasteiger partial charge in [-0.3, -0.25) is 10.1 Å². The molecule has 1 heterocycles. The summed E-state index contributed by atoms with van der Waals surface area (Å²) in [5.74, 6) is 2.34. The summed E-state index contributed by atoms with van der Waals surface area (Å²) in [5.41, 5.74) is 1.17. The molecular formula is C11H11NO2S2. The van der Waals surface area contributed by atoms with Crippen LogP contribution in [-0.2, 0) is 0 Å². The maximum absolute atomic E-state index is 10.5. The fourth-order valence-electron chi connectivity index (χ4n) is 1.36. The number of benzene rings is 1. The van der Waals surface area contributed by atoms with E-state index in [1.807, 2.05) is 23.5 Å². The molecule has 0 spiro atoms. The van der Waals surface area contributed by atoms with Crippen molar-refractivity contribution in [2.45, 2.75) is 6.42 Å². The zero-order valence-corrected chi connectivity index (χ0v) is 10.2. The molecule has 0 unspecified atom stereocenters. The van der Waals surface area contributed by atoms with E-state index in [2.05, 4.69) is 6.08 Å². The summed E-state index contributed by atoms with van der Waals surface area (Å²) in [6, 6.07) is 6.68. The highest BCUT2D eigenvalue weighted by atomic mass is 32.2. The molecule has 0 bridgehead atoms. The topological polar surface area (TPSA) is 43.1 Å². The number of nitro benzene ring substituents is 1. The highest BCUT2D eigenvalue weighted by Gasteiger charge is 2.07. The minimum atomic E-state index is -0.374. The lowest BCUT2D eigenvalue weighted by molar-refractivity contribution is -0.384. The van der Waals surface area contributed by atoms with Gasteiger partial charge in [0.05, 0.1) is 4.92 Å². The van der Waals surface area contributed by atoms with E-state index in [0.717, 1.165) is 5.56 Å². The second-order valence-corrected chi connectivity index (χ2v) is 5.89. The molecule has 0 amide bonds. The van der Waals surface area contributed by atoms with Gasteiger partial charge in [-0.05, 0) is 41.7 Å². The van der Waals surface area contributed by atoms with Crippen LogP contribution in [0.2, 0.25) is 0 Å². The van der Waals surface area contributed by atoms with Gasteiger partial charge in [-0.25, -0.2) is 0 Å². The van der Waals surface area contributed by atoms with E-state index < -0.39 is 0 Å². The molecule has 0 aliphatic carbocycles. The van der Waals surface area contributed by atoms with Gasteiger partial charge in [-0.2, -0.15) is 0 Å². The summed E-state index contributed by atoms with van der Waals surface area (Å²) in [6.45, 7) is 0. The third kappa shape index (κ3) is 3.02. The van der Waals surface area contributed by atoms with Crippen molar-refractivity contribution >= 4 is 35.3 Å². The van der Waals surface area contributed by atoms with Crippen molar-refractivity contribution in [2.75, 3.05) is 11.5 Å². The number of hydrogen-bond acceptors (Lipinski definition) is 4. The molecule has 0 saturated carbocycles. The van der Waals surface area contributed by atoms with Crippen LogP contribution in [0.15, 0.2) is 28.5 Å². The fourth-order valence-corrected chi connectivity index (χ4v) is 3.79. The Morgan fingerprint density at radius 3 is 2.38 bits per heavy atom. The number of rotatable bonds is 2. The minimum Gasteiger partial charge on any atom is -0.258 e. The normalized spacial score (nSPS) is 15.9. The van der Waals surface area contributed by atoms with Gasteiger partial charge in [0, 0.05) is 16.4 Å². The van der Waals surface area contributed by atoms with Crippen LogP contribution in [0.3, 0.4) is 0 Å². The third-order valence-corrected chi connectivity index (χ3v) is 4.66. The highest BCUT2D eigenvalue weighted by molar-refractivity contribution is 8.23. The lowest BCUT2D eigenvalue weighted by Gasteiger charge is -2.12. The van der Waals surface area contributed by atoms with Gasteiger partial charge >= 0.3 is 0 Å². The van der Waals surface area contributed by atoms with Crippen molar-refractivity contribution < 1.29 is 4.92 Å². The monoisotopic (exact) mass is 253 g/mol. The van der Waals surface area contributed by atoms with Crippen molar-refractivity contribution in [2.24, 2.45) is 0 Å². The van der Waals surface area contributed by atoms with E-state index >= 15 is 0 Å². The minimum absolute atomic E-state index is 0.145. The van der Waals surface area contributed by atoms with E-state index in [1.54, 1.807) is 24.3 Å². The zero-order valence-electron chi connectivity index (χ0n) is 8.59. The van der Waals surface area contributed by atoms with Crippen LogP contribution in [0.1, 0.15) is 12.0 Å². The molecule has 16 heavy (non-hydrogen) atoms. The summed E-state index contributed by atoms with van der Waals surface area (Å²) in [4.78, 5) is 10.1. The number of thioether (sulfide) groups is 2. The molecule has 0 N–H and O–H groups in total. The first-order valence-corrected chi connectivity index (χ1v) is 6.94. The Kier molecular flexibility index (Phi) is 3.90. The van der Waals surface area contributed by atoms with Crippen LogP contribution in [0.4, 0.5) is 5.69 Å². The molecule has 84 valence electrons. The van der Waals surface area contributed by atoms with E-state index in [-0.39, 0.29) is 10.6 Å². The Balaban J connectivity index is 2.12. The first-order chi connectivity index (χ1) is 7.75. The summed E-state index contributed by atoms with van der Waals surface area (Å²) in [6.07, 6.45) is 3.35. The lowest BCUT2D eigenvalue weighted by atomic mass is 10.2. The number of nitrogens with zero attached hydrogens (tertiary/aromatic N) is 1. The van der Waals surface area contributed by atoms with E-state index in [4.69, 9.17) is 0 Å². The molecule has 2 rings (SSSR count). The number of nitro groups is 1. The van der Waals surface area contributed by atoms with Crippen molar-refractivity contribution in [1.29, 1.82) is 0 Å². The fraction of sp³-hybridized carbons (Fsp3) is 0.273. The Labute approximate surface area is 102 Å². The van der Waals surface area contributed by atoms with E-state index in [1.165, 1.54) is 22.2 Å². The Morgan fingerprint density at radius 1 is 1.19 bits per heavy atom. The van der Waals surface area contributed by atoms with Gasteiger partial charge in [0.25, 0.3) is 5.69 Å². The quantitative estimate of drug-likeness (QED) is 0.594. The van der Waals surface area contributed by atoms with Crippen molar-refractivity contribution in [3.05, 3.63) is 44.2 Å². The summed E-state index contributed by atoms with van der Waals surface area (Å²) < 4.78 is 1.31. The smallest absolute Gasteiger partial charge is 0.258 e. The highest BCUT2D eigenvalue weighted by Crippen LogP contribution is 2.36. The van der Waals surface area contributed by atoms with Crippen LogP contribution in [0, 0.1) is 10.1 Å². The van der Waals surface area contributed by atoms with Crippen molar-refractivity contribution in [3.63, 3.8) is 0 Å². The first-order valence-electron chi connectivity index (χ1n) is 4.97. The molecule has 0 aromatic heterocycles. The van der Waals surface area contributed by atoms with E-state index in [0.29, 0.717) is 0 Å². The lowest BCUT2D eigenvalue weighted by Crippen LogP contribution is -1.91. The number of non-ortho nitro benzene ring substituents is 1. The maximum Gasteiger partial charge on any atom is 0.269 e. The van der Waals surface area contributed by atoms with E-state index in [9.17, 15) is 10.1 Å². The molecule has 0 atom stereocenters. The predicted molar refractivity (Wildman–Crippen MR) is 70.6 cm³/mol. The second-order valence-electron chi connectivity index (χ2n) is 3.36. The predicted octanol–water partition coefficient (Wildman–Crippen LogP) is 3.76. The Morgan fingerprint density at radius 2 is 1.81 bits per heavy atom. The maximum atomic E-state index is 10.5. The van der Waals surface area contributed by atoms with Crippen LogP contribution in [0.25, 0.3) is 6.08 Å². The van der Waals surface area contributed by atoms with Gasteiger partial charge in [0.1, 0.15) is 0 Å². The molecule has 1 fully saturated rings. The third-order valence-electron chi connectivity index (χ3n) is 2.17. The molecule has 1 aliphatic rings. The molecule has 1 aromatic carbocycles. The Hall–Kier alpha value is -0.940.